The molecule has 0 spiro atoms. The second-order valence-corrected chi connectivity index (χ2v) is 4.91. The maximum Gasteiger partial charge on any atom is 0.334 e. The third-order valence-electron chi connectivity index (χ3n) is 3.12. The topological polar surface area (TPSA) is 75.6 Å². The molecule has 0 aliphatic rings. The van der Waals surface area contributed by atoms with E-state index in [0.717, 1.165) is 0 Å². The maximum absolute atomic E-state index is 13.2. The van der Waals surface area contributed by atoms with Crippen LogP contribution in [0.1, 0.15) is 19.4 Å². The van der Waals surface area contributed by atoms with Crippen LogP contribution in [0.15, 0.2) is 24.3 Å². The van der Waals surface area contributed by atoms with Gasteiger partial charge in [-0.05, 0) is 31.5 Å². The van der Waals surface area contributed by atoms with Gasteiger partial charge in [-0.2, -0.15) is 0 Å². The monoisotopic (exact) mass is 283 g/mol. The molecule has 20 heavy (non-hydrogen) atoms. The van der Waals surface area contributed by atoms with Crippen LogP contribution in [-0.4, -0.2) is 36.7 Å². The number of methoxy groups -OCH3 is 1. The molecule has 1 rings (SSSR count). The van der Waals surface area contributed by atoms with Crippen molar-refractivity contribution < 1.29 is 23.8 Å². The molecular weight excluding hydrogens is 265 g/mol. The number of carbonyl (C=O) groups excluding carboxylic acids is 1. The highest BCUT2D eigenvalue weighted by Crippen LogP contribution is 2.23. The van der Waals surface area contributed by atoms with Crippen LogP contribution in [0.4, 0.5) is 4.39 Å². The zero-order valence-electron chi connectivity index (χ0n) is 11.6. The maximum atomic E-state index is 13.2. The summed E-state index contributed by atoms with van der Waals surface area (Å²) in [6.45, 7) is 3.13. The molecule has 0 bridgehead atoms. The molecule has 1 amide bonds. The lowest BCUT2D eigenvalue weighted by atomic mass is 9.83. The van der Waals surface area contributed by atoms with Crippen LogP contribution in [0.25, 0.3) is 0 Å². The van der Waals surface area contributed by atoms with Crippen LogP contribution in [0, 0.1) is 5.82 Å². The van der Waals surface area contributed by atoms with Crippen LogP contribution >= 0.6 is 0 Å². The first-order valence-corrected chi connectivity index (χ1v) is 6.09. The van der Waals surface area contributed by atoms with Crippen LogP contribution in [0.2, 0.25) is 0 Å². The third-order valence-corrected chi connectivity index (χ3v) is 3.12. The number of amides is 1. The molecule has 0 aromatic heterocycles. The van der Waals surface area contributed by atoms with Gasteiger partial charge in [0.05, 0.1) is 12.0 Å². The number of nitrogens with one attached hydrogen (secondary N) is 1. The standard InChI is InChI=1S/C14H18FNO4/c1-14(2,9-5-4-6-10(15)7-9)13(19)16-8-11(20-3)12(17)18/h4-7,11H,8H2,1-3H3,(H,16,19)(H,17,18). The molecule has 1 unspecified atom stereocenters. The minimum Gasteiger partial charge on any atom is -0.479 e. The number of carboxylic acids is 1. The van der Waals surface area contributed by atoms with E-state index in [2.05, 4.69) is 5.32 Å². The Morgan fingerprint density at radius 2 is 2.10 bits per heavy atom. The molecule has 1 aromatic carbocycles. The molecule has 6 heteroatoms. The Kier molecular flexibility index (Phi) is 5.21. The Labute approximate surface area is 116 Å². The number of carboxylic acid groups (broad SMARTS) is 1. The molecule has 0 heterocycles. The van der Waals surface area contributed by atoms with E-state index in [1.165, 1.54) is 25.3 Å². The number of benzene rings is 1. The molecule has 0 aliphatic heterocycles. The zero-order chi connectivity index (χ0) is 15.3. The highest BCUT2D eigenvalue weighted by Gasteiger charge is 2.31. The summed E-state index contributed by atoms with van der Waals surface area (Å²) < 4.78 is 17.9. The number of ether oxygens (including phenoxy) is 1. The van der Waals surface area contributed by atoms with Crippen LogP contribution < -0.4 is 5.32 Å². The van der Waals surface area contributed by atoms with Crippen molar-refractivity contribution in [3.63, 3.8) is 0 Å². The number of rotatable bonds is 6. The molecule has 0 radical (unpaired) electrons. The van der Waals surface area contributed by atoms with Gasteiger partial charge in [-0.25, -0.2) is 9.18 Å². The average Bonchev–Trinajstić information content (AvgIpc) is 2.38. The van der Waals surface area contributed by atoms with Gasteiger partial charge < -0.3 is 15.2 Å². The van der Waals surface area contributed by atoms with Crippen LogP contribution in [-0.2, 0) is 19.7 Å². The van der Waals surface area contributed by atoms with Crippen molar-refractivity contribution in [3.05, 3.63) is 35.6 Å². The van der Waals surface area contributed by atoms with E-state index >= 15 is 0 Å². The second kappa shape index (κ2) is 6.47. The van der Waals surface area contributed by atoms with Gasteiger partial charge in [0.1, 0.15) is 5.82 Å². The Morgan fingerprint density at radius 3 is 2.60 bits per heavy atom. The molecule has 1 aromatic rings. The quantitative estimate of drug-likeness (QED) is 0.825. The van der Waals surface area contributed by atoms with E-state index in [0.29, 0.717) is 5.56 Å². The molecule has 0 saturated heterocycles. The van der Waals surface area contributed by atoms with Crippen molar-refractivity contribution in [2.45, 2.75) is 25.4 Å². The van der Waals surface area contributed by atoms with Gasteiger partial charge in [0.25, 0.3) is 0 Å². The summed E-state index contributed by atoms with van der Waals surface area (Å²) in [6.07, 6.45) is -1.11. The molecule has 2 N–H and O–H groups in total. The summed E-state index contributed by atoms with van der Waals surface area (Å²) in [5, 5.41) is 11.3. The summed E-state index contributed by atoms with van der Waals surface area (Å²) >= 11 is 0. The van der Waals surface area contributed by atoms with E-state index in [4.69, 9.17) is 9.84 Å². The Bertz CT molecular complexity index is 502. The average molecular weight is 283 g/mol. The first kappa shape index (κ1) is 16.1. The molecule has 0 fully saturated rings. The van der Waals surface area contributed by atoms with E-state index < -0.39 is 29.2 Å². The smallest absolute Gasteiger partial charge is 0.334 e. The van der Waals surface area contributed by atoms with Crippen molar-refractivity contribution in [2.24, 2.45) is 0 Å². The number of halogens is 1. The predicted octanol–water partition coefficient (Wildman–Crippen LogP) is 1.32. The number of hydrogen-bond acceptors (Lipinski definition) is 3. The van der Waals surface area contributed by atoms with Gasteiger partial charge in [0.2, 0.25) is 5.91 Å². The Hall–Kier alpha value is -1.95. The predicted molar refractivity (Wildman–Crippen MR) is 70.9 cm³/mol. The van der Waals surface area contributed by atoms with E-state index in [9.17, 15) is 14.0 Å². The van der Waals surface area contributed by atoms with Crippen molar-refractivity contribution in [2.75, 3.05) is 13.7 Å². The van der Waals surface area contributed by atoms with Gasteiger partial charge in [-0.15, -0.1) is 0 Å². The van der Waals surface area contributed by atoms with Gasteiger partial charge >= 0.3 is 5.97 Å². The fourth-order valence-corrected chi connectivity index (χ4v) is 1.69. The number of aliphatic carboxylic acids is 1. The largest absolute Gasteiger partial charge is 0.479 e. The zero-order valence-corrected chi connectivity index (χ0v) is 11.6. The highest BCUT2D eigenvalue weighted by atomic mass is 19.1. The first-order valence-electron chi connectivity index (χ1n) is 6.09. The minimum atomic E-state index is -1.16. The van der Waals surface area contributed by atoms with Crippen molar-refractivity contribution in [1.29, 1.82) is 0 Å². The van der Waals surface area contributed by atoms with Gasteiger partial charge in [0, 0.05) is 7.11 Å². The van der Waals surface area contributed by atoms with Crippen molar-refractivity contribution in [3.8, 4) is 0 Å². The summed E-state index contributed by atoms with van der Waals surface area (Å²) in [5.74, 6) is -1.98. The lowest BCUT2D eigenvalue weighted by molar-refractivity contribution is -0.148. The first-order chi connectivity index (χ1) is 9.28. The van der Waals surface area contributed by atoms with Gasteiger partial charge in [0.15, 0.2) is 6.10 Å². The third kappa shape index (κ3) is 3.77. The molecule has 0 aliphatic carbocycles. The summed E-state index contributed by atoms with van der Waals surface area (Å²) in [5.41, 5.74) is -0.460. The molecule has 5 nitrogen and oxygen atoms in total. The van der Waals surface area contributed by atoms with Gasteiger partial charge in [-0.1, -0.05) is 12.1 Å². The van der Waals surface area contributed by atoms with E-state index in [-0.39, 0.29) is 6.54 Å². The molecule has 0 saturated carbocycles. The van der Waals surface area contributed by atoms with E-state index in [1.54, 1.807) is 19.9 Å². The lowest BCUT2D eigenvalue weighted by Crippen LogP contribution is -2.45. The van der Waals surface area contributed by atoms with Gasteiger partial charge in [-0.3, -0.25) is 4.79 Å². The SMILES string of the molecule is COC(CNC(=O)C(C)(C)c1cccc(F)c1)C(=O)O. The van der Waals surface area contributed by atoms with E-state index in [1.807, 2.05) is 0 Å². The minimum absolute atomic E-state index is 0.149. The van der Waals surface area contributed by atoms with Crippen molar-refractivity contribution >= 4 is 11.9 Å². The summed E-state index contributed by atoms with van der Waals surface area (Å²) in [4.78, 5) is 22.9. The number of hydrogen-bond donors (Lipinski definition) is 2. The van der Waals surface area contributed by atoms with Crippen LogP contribution in [0.5, 0.6) is 0 Å². The lowest BCUT2D eigenvalue weighted by Gasteiger charge is -2.25. The Morgan fingerprint density at radius 1 is 1.45 bits per heavy atom. The molecule has 110 valence electrons. The summed E-state index contributed by atoms with van der Waals surface area (Å²) in [7, 11) is 1.25. The second-order valence-electron chi connectivity index (χ2n) is 4.91. The van der Waals surface area contributed by atoms with Crippen LogP contribution in [0.3, 0.4) is 0 Å². The Balaban J connectivity index is 2.77. The number of carbonyl (C=O) groups is 2. The molecular formula is C14H18FNO4. The fourth-order valence-electron chi connectivity index (χ4n) is 1.69. The van der Waals surface area contributed by atoms with Crippen molar-refractivity contribution in [1.82, 2.24) is 5.32 Å². The fraction of sp³-hybridized carbons (Fsp3) is 0.429. The molecule has 1 atom stereocenters. The summed E-state index contributed by atoms with van der Waals surface area (Å²) in [6, 6.07) is 5.75. The normalized spacial score (nSPS) is 12.8. The highest BCUT2D eigenvalue weighted by molar-refractivity contribution is 5.87.